The number of ether oxygens (including phenoxy) is 1. The van der Waals surface area contributed by atoms with Gasteiger partial charge >= 0.3 is 5.63 Å². The molecule has 27 heavy (non-hydrogen) atoms. The number of halogens is 1. The highest BCUT2D eigenvalue weighted by Crippen LogP contribution is 2.44. The molecule has 0 bridgehead atoms. The maximum Gasteiger partial charge on any atom is 0.355 e. The second-order valence-electron chi connectivity index (χ2n) is 7.34. The molecule has 0 unspecified atom stereocenters. The fourth-order valence-electron chi connectivity index (χ4n) is 3.55. The summed E-state index contributed by atoms with van der Waals surface area (Å²) in [7, 11) is 0. The van der Waals surface area contributed by atoms with Crippen molar-refractivity contribution in [2.45, 2.75) is 46.1 Å². The average Bonchev–Trinajstić information content (AvgIpc) is 2.57. The molecule has 0 spiro atoms. The van der Waals surface area contributed by atoms with Crippen LogP contribution in [0.2, 0.25) is 5.02 Å². The Balaban J connectivity index is 2.35. The van der Waals surface area contributed by atoms with Gasteiger partial charge in [0, 0.05) is 6.07 Å². The van der Waals surface area contributed by atoms with E-state index in [0.717, 1.165) is 6.42 Å². The minimum Gasteiger partial charge on any atom is -0.482 e. The quantitative estimate of drug-likeness (QED) is 0.458. The van der Waals surface area contributed by atoms with Crippen LogP contribution in [0.3, 0.4) is 0 Å². The largest absolute Gasteiger partial charge is 0.482 e. The monoisotopic (exact) mass is 386 g/mol. The van der Waals surface area contributed by atoms with Crippen LogP contribution in [0.1, 0.15) is 44.1 Å². The molecule has 0 saturated carbocycles. The van der Waals surface area contributed by atoms with Gasteiger partial charge in [0.15, 0.2) is 16.6 Å². The Morgan fingerprint density at radius 3 is 2.56 bits per heavy atom. The van der Waals surface area contributed by atoms with E-state index in [1.54, 1.807) is 6.92 Å². The SMILES string of the molecule is CCCc1c(Cl)c(=O)oc2c1c1c(c3oc(C)cc(=O)c32)C=CC(C)(C)O1. The van der Waals surface area contributed by atoms with Crippen molar-refractivity contribution in [2.24, 2.45) is 0 Å². The Labute approximate surface area is 160 Å². The first kappa shape index (κ1) is 17.9. The number of hydrogen-bond donors (Lipinski definition) is 0. The Morgan fingerprint density at radius 1 is 1.11 bits per heavy atom. The van der Waals surface area contributed by atoms with Crippen molar-refractivity contribution in [2.75, 3.05) is 0 Å². The first-order valence-corrected chi connectivity index (χ1v) is 9.25. The third kappa shape index (κ3) is 2.69. The number of aryl methyl sites for hydroxylation is 2. The number of fused-ring (bicyclic) bond motifs is 6. The van der Waals surface area contributed by atoms with Gasteiger partial charge < -0.3 is 13.6 Å². The molecule has 1 aliphatic heterocycles. The number of benzene rings is 1. The lowest BCUT2D eigenvalue weighted by Gasteiger charge is -2.29. The first-order valence-electron chi connectivity index (χ1n) is 8.87. The van der Waals surface area contributed by atoms with Gasteiger partial charge in [0.2, 0.25) is 0 Å². The molecule has 0 atom stereocenters. The summed E-state index contributed by atoms with van der Waals surface area (Å²) in [6, 6.07) is 1.39. The van der Waals surface area contributed by atoms with Gasteiger partial charge in [-0.2, -0.15) is 0 Å². The normalized spacial score (nSPS) is 15.1. The van der Waals surface area contributed by atoms with Gasteiger partial charge in [-0.15, -0.1) is 0 Å². The zero-order chi connectivity index (χ0) is 19.5. The molecule has 6 heteroatoms. The van der Waals surface area contributed by atoms with Crippen LogP contribution in [-0.2, 0) is 6.42 Å². The average molecular weight is 387 g/mol. The molecular formula is C21H19ClO5. The molecule has 140 valence electrons. The standard InChI is InChI=1S/C21H19ClO5/c1-5-6-11-14-18-12(7-8-21(3,4)27-18)17-15(13(23)9-10(2)25-17)19(14)26-20(24)16(11)22/h7-9H,5-6H2,1-4H3. The number of rotatable bonds is 2. The van der Waals surface area contributed by atoms with E-state index in [2.05, 4.69) is 0 Å². The summed E-state index contributed by atoms with van der Waals surface area (Å²) < 4.78 is 17.6. The van der Waals surface area contributed by atoms with Gasteiger partial charge in [-0.3, -0.25) is 4.79 Å². The van der Waals surface area contributed by atoms with Crippen molar-refractivity contribution in [1.29, 1.82) is 0 Å². The maximum atomic E-state index is 12.8. The van der Waals surface area contributed by atoms with Crippen LogP contribution in [0.4, 0.5) is 0 Å². The smallest absolute Gasteiger partial charge is 0.355 e. The Kier molecular flexibility index (Phi) is 3.96. The highest BCUT2D eigenvalue weighted by Gasteiger charge is 2.31. The van der Waals surface area contributed by atoms with Crippen LogP contribution in [0.15, 0.2) is 30.6 Å². The van der Waals surface area contributed by atoms with Crippen molar-refractivity contribution in [1.82, 2.24) is 0 Å². The summed E-state index contributed by atoms with van der Waals surface area (Å²) in [5, 5.41) is 0.823. The van der Waals surface area contributed by atoms with Gasteiger partial charge in [0.25, 0.3) is 0 Å². The molecule has 0 fully saturated rings. The summed E-state index contributed by atoms with van der Waals surface area (Å²) in [4.78, 5) is 25.1. The van der Waals surface area contributed by atoms with E-state index in [1.165, 1.54) is 6.07 Å². The summed E-state index contributed by atoms with van der Waals surface area (Å²) in [6.07, 6.45) is 5.12. The van der Waals surface area contributed by atoms with Crippen LogP contribution in [0, 0.1) is 6.92 Å². The predicted molar refractivity (Wildman–Crippen MR) is 106 cm³/mol. The summed E-state index contributed by atoms with van der Waals surface area (Å²) in [5.41, 5.74) is 0.300. The summed E-state index contributed by atoms with van der Waals surface area (Å²) in [5.74, 6) is 0.991. The molecule has 0 amide bonds. The van der Waals surface area contributed by atoms with Crippen molar-refractivity contribution < 1.29 is 13.6 Å². The zero-order valence-electron chi connectivity index (χ0n) is 15.6. The zero-order valence-corrected chi connectivity index (χ0v) is 16.3. The van der Waals surface area contributed by atoms with Crippen molar-refractivity contribution in [3.8, 4) is 5.75 Å². The lowest BCUT2D eigenvalue weighted by Crippen LogP contribution is -2.28. The van der Waals surface area contributed by atoms with Crippen molar-refractivity contribution in [3.05, 3.63) is 54.7 Å². The molecule has 3 heterocycles. The third-order valence-corrected chi connectivity index (χ3v) is 5.08. The third-order valence-electron chi connectivity index (χ3n) is 4.70. The van der Waals surface area contributed by atoms with Crippen LogP contribution < -0.4 is 15.8 Å². The highest BCUT2D eigenvalue weighted by molar-refractivity contribution is 6.32. The molecule has 0 N–H and O–H groups in total. The van der Waals surface area contributed by atoms with E-state index < -0.39 is 11.2 Å². The maximum absolute atomic E-state index is 12.8. The first-order chi connectivity index (χ1) is 12.7. The fraction of sp³-hybridized carbons (Fsp3) is 0.333. The molecule has 0 saturated heterocycles. The second kappa shape index (κ2) is 5.99. The van der Waals surface area contributed by atoms with E-state index in [9.17, 15) is 9.59 Å². The van der Waals surface area contributed by atoms with Gasteiger partial charge in [-0.1, -0.05) is 24.9 Å². The van der Waals surface area contributed by atoms with Crippen LogP contribution in [0.5, 0.6) is 5.75 Å². The summed E-state index contributed by atoms with van der Waals surface area (Å²) in [6.45, 7) is 7.55. The lowest BCUT2D eigenvalue weighted by atomic mass is 9.94. The molecule has 4 rings (SSSR count). The van der Waals surface area contributed by atoms with Gasteiger partial charge in [-0.05, 0) is 44.9 Å². The Hall–Kier alpha value is -2.53. The molecule has 0 radical (unpaired) electrons. The Morgan fingerprint density at radius 2 is 1.85 bits per heavy atom. The molecule has 1 aliphatic rings. The van der Waals surface area contributed by atoms with Crippen LogP contribution >= 0.6 is 11.6 Å². The fourth-order valence-corrected chi connectivity index (χ4v) is 3.78. The van der Waals surface area contributed by atoms with Gasteiger partial charge in [0.1, 0.15) is 27.5 Å². The van der Waals surface area contributed by atoms with Crippen LogP contribution in [0.25, 0.3) is 28.0 Å². The molecule has 0 aliphatic carbocycles. The van der Waals surface area contributed by atoms with E-state index in [0.29, 0.717) is 40.0 Å². The topological polar surface area (TPSA) is 69.7 Å². The predicted octanol–water partition coefficient (Wildman–Crippen LogP) is 5.00. The van der Waals surface area contributed by atoms with Gasteiger partial charge in [-0.25, -0.2) is 4.79 Å². The molecule has 3 aromatic rings. The molecule has 5 nitrogen and oxygen atoms in total. The van der Waals surface area contributed by atoms with Gasteiger partial charge in [0.05, 0.1) is 10.9 Å². The van der Waals surface area contributed by atoms with Crippen LogP contribution in [-0.4, -0.2) is 5.60 Å². The van der Waals surface area contributed by atoms with Crippen molar-refractivity contribution in [3.63, 3.8) is 0 Å². The molecule has 1 aromatic carbocycles. The Bertz CT molecular complexity index is 1240. The summed E-state index contributed by atoms with van der Waals surface area (Å²) >= 11 is 6.30. The lowest BCUT2D eigenvalue weighted by molar-refractivity contribution is 0.161. The minimum atomic E-state index is -0.667. The van der Waals surface area contributed by atoms with E-state index in [4.69, 9.17) is 25.2 Å². The van der Waals surface area contributed by atoms with E-state index in [1.807, 2.05) is 32.9 Å². The van der Waals surface area contributed by atoms with E-state index >= 15 is 0 Å². The highest BCUT2D eigenvalue weighted by atomic mass is 35.5. The molecule has 2 aromatic heterocycles. The minimum absolute atomic E-state index is 0.0263. The molecular weight excluding hydrogens is 368 g/mol. The van der Waals surface area contributed by atoms with E-state index in [-0.39, 0.29) is 21.4 Å². The number of hydrogen-bond acceptors (Lipinski definition) is 5. The van der Waals surface area contributed by atoms with Crippen molar-refractivity contribution >= 4 is 39.6 Å². The second-order valence-corrected chi connectivity index (χ2v) is 7.72.